The summed E-state index contributed by atoms with van der Waals surface area (Å²) in [6.45, 7) is 0. The number of hydrogen-bond donors (Lipinski definition) is 0. The predicted octanol–water partition coefficient (Wildman–Crippen LogP) is 2.99. The summed E-state index contributed by atoms with van der Waals surface area (Å²) < 4.78 is 0. The Balaban J connectivity index is 2.88. The molecule has 0 amide bonds. The zero-order valence-corrected chi connectivity index (χ0v) is 11.5. The molecule has 2 aromatic carbocycles. The number of rotatable bonds is 5. The zero-order chi connectivity index (χ0) is 18.0. The van der Waals surface area contributed by atoms with E-state index in [1.165, 1.54) is 12.1 Å². The molecule has 2 rings (SSSR count). The van der Waals surface area contributed by atoms with Gasteiger partial charge in [0.1, 0.15) is 5.56 Å². The maximum absolute atomic E-state index is 11.2. The highest BCUT2D eigenvalue weighted by molar-refractivity contribution is 5.85. The van der Waals surface area contributed by atoms with Gasteiger partial charge >= 0.3 is 0 Å². The molecule has 0 bridgehead atoms. The van der Waals surface area contributed by atoms with Crippen LogP contribution < -0.4 is 0 Å². The van der Waals surface area contributed by atoms with Crippen LogP contribution in [0.25, 0.3) is 11.1 Å². The van der Waals surface area contributed by atoms with E-state index in [0.29, 0.717) is 12.1 Å². The highest BCUT2D eigenvalue weighted by Crippen LogP contribution is 2.41. The lowest BCUT2D eigenvalue weighted by Crippen LogP contribution is -2.01. The molecule has 0 fully saturated rings. The van der Waals surface area contributed by atoms with Crippen molar-refractivity contribution in [3.8, 4) is 11.1 Å². The molecule has 0 aromatic heterocycles. The lowest BCUT2D eigenvalue weighted by Gasteiger charge is -2.05. The molecule has 24 heavy (non-hydrogen) atoms. The number of nitrogens with zero attached hydrogens (tertiary/aromatic N) is 4. The monoisotopic (exact) mass is 334 g/mol. The van der Waals surface area contributed by atoms with E-state index in [1.807, 2.05) is 0 Å². The van der Waals surface area contributed by atoms with E-state index < -0.39 is 48.0 Å². The maximum Gasteiger partial charge on any atom is 0.291 e. The van der Waals surface area contributed by atoms with Crippen LogP contribution in [0.1, 0.15) is 0 Å². The molecule has 0 spiro atoms. The third-order valence-electron chi connectivity index (χ3n) is 3.03. The molecule has 0 saturated carbocycles. The van der Waals surface area contributed by atoms with E-state index >= 15 is 0 Å². The summed E-state index contributed by atoms with van der Waals surface area (Å²) >= 11 is 0. The van der Waals surface area contributed by atoms with Gasteiger partial charge in [0.15, 0.2) is 0 Å². The highest BCUT2D eigenvalue weighted by Gasteiger charge is 2.32. The van der Waals surface area contributed by atoms with Crippen molar-refractivity contribution in [2.24, 2.45) is 0 Å². The van der Waals surface area contributed by atoms with Crippen molar-refractivity contribution in [1.82, 2.24) is 0 Å². The Morgan fingerprint density at radius 3 is 1.54 bits per heavy atom. The van der Waals surface area contributed by atoms with E-state index in [9.17, 15) is 40.5 Å². The van der Waals surface area contributed by atoms with Gasteiger partial charge in [0.2, 0.25) is 0 Å². The van der Waals surface area contributed by atoms with Crippen LogP contribution in [0.2, 0.25) is 0 Å². The van der Waals surface area contributed by atoms with Crippen LogP contribution in [0.3, 0.4) is 0 Å². The first-order valence-corrected chi connectivity index (χ1v) is 6.08. The standard InChI is InChI=1S/C12H6N4O8/c17-13(18)8-3-1-2-7(4-8)12-10(15(21)22)5-9(14(19)20)6-11(12)16(23)24/h1-6H. The molecule has 0 atom stereocenters. The van der Waals surface area contributed by atoms with Gasteiger partial charge in [-0.1, -0.05) is 12.1 Å². The third kappa shape index (κ3) is 2.96. The lowest BCUT2D eigenvalue weighted by atomic mass is 10.0. The van der Waals surface area contributed by atoms with Gasteiger partial charge in [-0.05, 0) is 0 Å². The number of non-ortho nitro benzene ring substituents is 2. The maximum atomic E-state index is 11.2. The van der Waals surface area contributed by atoms with Crippen molar-refractivity contribution in [1.29, 1.82) is 0 Å². The van der Waals surface area contributed by atoms with Gasteiger partial charge < -0.3 is 0 Å². The van der Waals surface area contributed by atoms with Gasteiger partial charge in [-0.15, -0.1) is 0 Å². The quantitative estimate of drug-likeness (QED) is 0.592. The van der Waals surface area contributed by atoms with Crippen LogP contribution >= 0.6 is 0 Å². The second-order valence-electron chi connectivity index (χ2n) is 4.44. The lowest BCUT2D eigenvalue weighted by molar-refractivity contribution is -0.402. The van der Waals surface area contributed by atoms with Gasteiger partial charge in [0.25, 0.3) is 22.7 Å². The Kier molecular flexibility index (Phi) is 4.13. The average molecular weight is 334 g/mol. The van der Waals surface area contributed by atoms with Crippen LogP contribution in [-0.2, 0) is 0 Å². The van der Waals surface area contributed by atoms with Gasteiger partial charge in [-0.2, -0.15) is 0 Å². The van der Waals surface area contributed by atoms with Crippen LogP contribution in [0, 0.1) is 40.5 Å². The minimum absolute atomic E-state index is 0.169. The molecule has 0 radical (unpaired) electrons. The first-order valence-electron chi connectivity index (χ1n) is 6.08. The van der Waals surface area contributed by atoms with E-state index in [-0.39, 0.29) is 5.56 Å². The van der Waals surface area contributed by atoms with Crippen molar-refractivity contribution < 1.29 is 19.7 Å². The molecule has 0 aliphatic rings. The normalized spacial score (nSPS) is 10.2. The number of nitro benzene ring substituents is 4. The molecule has 2 aromatic rings. The molecule has 12 nitrogen and oxygen atoms in total. The molecule has 0 aliphatic heterocycles. The van der Waals surface area contributed by atoms with E-state index in [4.69, 9.17) is 0 Å². The van der Waals surface area contributed by atoms with E-state index in [1.54, 1.807) is 0 Å². The first kappa shape index (κ1) is 16.4. The summed E-state index contributed by atoms with van der Waals surface area (Å²) in [5.41, 5.74) is -3.76. The molecule has 122 valence electrons. The van der Waals surface area contributed by atoms with Crippen LogP contribution in [-0.4, -0.2) is 19.7 Å². The van der Waals surface area contributed by atoms with Gasteiger partial charge in [-0.3, -0.25) is 40.5 Å². The van der Waals surface area contributed by atoms with Crippen molar-refractivity contribution in [2.75, 3.05) is 0 Å². The topological polar surface area (TPSA) is 173 Å². The van der Waals surface area contributed by atoms with Gasteiger partial charge in [0.05, 0.1) is 31.8 Å². The Bertz CT molecular complexity index is 859. The van der Waals surface area contributed by atoms with Crippen molar-refractivity contribution in [3.05, 3.63) is 76.9 Å². The molecule has 0 heterocycles. The molecule has 0 N–H and O–H groups in total. The SMILES string of the molecule is O=[N+]([O-])c1cccc(-c2c([N+](=O)[O-])cc([N+](=O)[O-])cc2[N+](=O)[O-])c1. The molecule has 0 saturated heterocycles. The number of benzene rings is 2. The van der Waals surface area contributed by atoms with E-state index in [2.05, 4.69) is 0 Å². The zero-order valence-electron chi connectivity index (χ0n) is 11.5. The largest absolute Gasteiger partial charge is 0.291 e. The molecular formula is C12H6N4O8. The van der Waals surface area contributed by atoms with Crippen LogP contribution in [0.5, 0.6) is 0 Å². The molecule has 0 aliphatic carbocycles. The van der Waals surface area contributed by atoms with Crippen molar-refractivity contribution >= 4 is 22.7 Å². The third-order valence-corrected chi connectivity index (χ3v) is 3.03. The molecular weight excluding hydrogens is 328 g/mol. The highest BCUT2D eigenvalue weighted by atomic mass is 16.6. The first-order chi connectivity index (χ1) is 11.2. The van der Waals surface area contributed by atoms with Crippen molar-refractivity contribution in [3.63, 3.8) is 0 Å². The Labute approximate surface area is 131 Å². The van der Waals surface area contributed by atoms with Gasteiger partial charge in [-0.25, -0.2) is 0 Å². The summed E-state index contributed by atoms with van der Waals surface area (Å²) in [7, 11) is 0. The Morgan fingerprint density at radius 1 is 0.625 bits per heavy atom. The second-order valence-corrected chi connectivity index (χ2v) is 4.44. The Morgan fingerprint density at radius 2 is 1.12 bits per heavy atom. The minimum Gasteiger partial charge on any atom is -0.258 e. The summed E-state index contributed by atoms with van der Waals surface area (Å²) in [5.74, 6) is 0. The summed E-state index contributed by atoms with van der Waals surface area (Å²) in [6, 6.07) is 5.56. The van der Waals surface area contributed by atoms with Crippen molar-refractivity contribution in [2.45, 2.75) is 0 Å². The fraction of sp³-hybridized carbons (Fsp3) is 0. The predicted molar refractivity (Wildman–Crippen MR) is 78.5 cm³/mol. The van der Waals surface area contributed by atoms with Crippen LogP contribution in [0.4, 0.5) is 22.7 Å². The summed E-state index contributed by atoms with van der Waals surface area (Å²) in [5, 5.41) is 44.0. The Hall–Kier alpha value is -3.96. The second kappa shape index (κ2) is 6.04. The smallest absolute Gasteiger partial charge is 0.258 e. The number of nitro groups is 4. The number of hydrogen-bond acceptors (Lipinski definition) is 8. The van der Waals surface area contributed by atoms with Gasteiger partial charge in [0, 0.05) is 17.7 Å². The summed E-state index contributed by atoms with van der Waals surface area (Å²) in [6.07, 6.45) is 0. The minimum atomic E-state index is -1.02. The fourth-order valence-corrected chi connectivity index (χ4v) is 2.06. The average Bonchev–Trinajstić information content (AvgIpc) is 2.53. The fourth-order valence-electron chi connectivity index (χ4n) is 2.06. The van der Waals surface area contributed by atoms with E-state index in [0.717, 1.165) is 12.1 Å². The molecule has 12 heteroatoms. The molecule has 0 unspecified atom stereocenters. The van der Waals surface area contributed by atoms with Crippen LogP contribution in [0.15, 0.2) is 36.4 Å². The summed E-state index contributed by atoms with van der Waals surface area (Å²) in [4.78, 5) is 40.2.